The number of methoxy groups -OCH3 is 1. The third-order valence-corrected chi connectivity index (χ3v) is 6.91. The third-order valence-electron chi connectivity index (χ3n) is 6.60. The van der Waals surface area contributed by atoms with Crippen LogP contribution in [0.3, 0.4) is 0 Å². The minimum Gasteiger partial charge on any atom is -0.497 e. The molecule has 0 bridgehead atoms. The summed E-state index contributed by atoms with van der Waals surface area (Å²) in [6.07, 6.45) is 4.28. The quantitative estimate of drug-likeness (QED) is 0.310. The standard InChI is InChI=1S/C29H29N5O2S/c1-4-26(35)31-23-14-13-21(17-19(23)2)34-28(27(32-29(34)37)24-11-5-6-15-30-24)25-12-8-16-33(25)20-9-7-10-22(18-20)36-3/h5-18,27-28H,4H2,1-3H3,(H,31,35)(H,32,37). The molecule has 0 radical (unpaired) electrons. The van der Waals surface area contributed by atoms with Gasteiger partial charge in [-0.3, -0.25) is 9.78 Å². The van der Waals surface area contributed by atoms with Crippen LogP contribution in [-0.2, 0) is 4.79 Å². The molecule has 1 amide bonds. The first-order valence-corrected chi connectivity index (χ1v) is 12.6. The fourth-order valence-electron chi connectivity index (χ4n) is 4.74. The molecule has 2 unspecified atom stereocenters. The number of nitrogens with one attached hydrogen (secondary N) is 2. The highest BCUT2D eigenvalue weighted by Gasteiger charge is 2.42. The van der Waals surface area contributed by atoms with Crippen molar-refractivity contribution >= 4 is 34.6 Å². The molecule has 0 saturated carbocycles. The van der Waals surface area contributed by atoms with E-state index in [1.165, 1.54) is 0 Å². The highest BCUT2D eigenvalue weighted by molar-refractivity contribution is 7.80. The average Bonchev–Trinajstić information content (AvgIpc) is 3.54. The molecule has 1 fully saturated rings. The second-order valence-corrected chi connectivity index (χ2v) is 9.29. The number of ether oxygens (including phenoxy) is 1. The number of pyridine rings is 1. The Morgan fingerprint density at radius 1 is 1.08 bits per heavy atom. The molecular weight excluding hydrogens is 482 g/mol. The molecule has 2 aromatic carbocycles. The summed E-state index contributed by atoms with van der Waals surface area (Å²) in [5, 5.41) is 7.11. The van der Waals surface area contributed by atoms with E-state index < -0.39 is 0 Å². The number of anilines is 2. The Morgan fingerprint density at radius 2 is 1.95 bits per heavy atom. The second kappa shape index (κ2) is 10.4. The topological polar surface area (TPSA) is 71.4 Å². The van der Waals surface area contributed by atoms with Crippen molar-refractivity contribution in [3.8, 4) is 11.4 Å². The van der Waals surface area contributed by atoms with E-state index >= 15 is 0 Å². The summed E-state index contributed by atoms with van der Waals surface area (Å²) >= 11 is 5.90. The molecule has 2 atom stereocenters. The Labute approximate surface area is 222 Å². The zero-order chi connectivity index (χ0) is 25.9. The van der Waals surface area contributed by atoms with Gasteiger partial charge in [0.2, 0.25) is 5.91 Å². The van der Waals surface area contributed by atoms with Gasteiger partial charge in [0.15, 0.2) is 5.11 Å². The van der Waals surface area contributed by atoms with Crippen LogP contribution in [0.5, 0.6) is 5.75 Å². The molecule has 3 heterocycles. The monoisotopic (exact) mass is 511 g/mol. The molecule has 1 aliphatic rings. The summed E-state index contributed by atoms with van der Waals surface area (Å²) in [5.41, 5.74) is 5.64. The molecule has 1 aliphatic heterocycles. The summed E-state index contributed by atoms with van der Waals surface area (Å²) < 4.78 is 7.64. The van der Waals surface area contributed by atoms with E-state index in [2.05, 4.69) is 43.3 Å². The molecule has 0 spiro atoms. The molecule has 5 rings (SSSR count). The van der Waals surface area contributed by atoms with Crippen molar-refractivity contribution in [3.63, 3.8) is 0 Å². The van der Waals surface area contributed by atoms with Gasteiger partial charge in [-0.25, -0.2) is 0 Å². The summed E-state index contributed by atoms with van der Waals surface area (Å²) in [4.78, 5) is 18.8. The van der Waals surface area contributed by atoms with Gasteiger partial charge >= 0.3 is 0 Å². The maximum atomic E-state index is 12.0. The number of hydrogen-bond acceptors (Lipinski definition) is 4. The SMILES string of the molecule is CCC(=O)Nc1ccc(N2C(=S)NC(c3ccccn3)C2c2cccn2-c2cccc(OC)c2)cc1C. The molecule has 2 aromatic heterocycles. The number of nitrogens with zero attached hydrogens (tertiary/aromatic N) is 3. The lowest BCUT2D eigenvalue weighted by molar-refractivity contribution is -0.115. The van der Waals surface area contributed by atoms with Gasteiger partial charge in [-0.05, 0) is 79.3 Å². The molecule has 37 heavy (non-hydrogen) atoms. The zero-order valence-electron chi connectivity index (χ0n) is 21.0. The highest BCUT2D eigenvalue weighted by Crippen LogP contribution is 2.43. The van der Waals surface area contributed by atoms with Crippen molar-refractivity contribution < 1.29 is 9.53 Å². The lowest BCUT2D eigenvalue weighted by Crippen LogP contribution is -2.30. The van der Waals surface area contributed by atoms with Crippen molar-refractivity contribution in [3.05, 3.63) is 102 Å². The smallest absolute Gasteiger partial charge is 0.224 e. The number of amides is 1. The fraction of sp³-hybridized carbons (Fsp3) is 0.207. The van der Waals surface area contributed by atoms with Crippen LogP contribution in [0.1, 0.15) is 42.4 Å². The number of aryl methyl sites for hydroxylation is 1. The molecular formula is C29H29N5O2S. The summed E-state index contributed by atoms with van der Waals surface area (Å²) in [7, 11) is 1.67. The first-order valence-electron chi connectivity index (χ1n) is 12.2. The normalized spacial score (nSPS) is 16.9. The van der Waals surface area contributed by atoms with Crippen LogP contribution in [0.2, 0.25) is 0 Å². The van der Waals surface area contributed by atoms with Crippen LogP contribution in [0, 0.1) is 6.92 Å². The second-order valence-electron chi connectivity index (χ2n) is 8.90. The lowest BCUT2D eigenvalue weighted by Gasteiger charge is -2.29. The van der Waals surface area contributed by atoms with Crippen molar-refractivity contribution in [2.45, 2.75) is 32.4 Å². The Bertz CT molecular complexity index is 1440. The van der Waals surface area contributed by atoms with Crippen molar-refractivity contribution in [1.82, 2.24) is 14.9 Å². The maximum Gasteiger partial charge on any atom is 0.224 e. The number of hydrogen-bond donors (Lipinski definition) is 2. The molecule has 188 valence electrons. The average molecular weight is 512 g/mol. The summed E-state index contributed by atoms with van der Waals surface area (Å²) in [6, 6.07) is 23.7. The van der Waals surface area contributed by atoms with E-state index in [1.807, 2.05) is 74.6 Å². The van der Waals surface area contributed by atoms with Gasteiger partial charge < -0.3 is 24.8 Å². The van der Waals surface area contributed by atoms with Crippen LogP contribution in [0.25, 0.3) is 5.69 Å². The lowest BCUT2D eigenvalue weighted by atomic mass is 10.00. The van der Waals surface area contributed by atoms with Crippen LogP contribution in [0.4, 0.5) is 11.4 Å². The van der Waals surface area contributed by atoms with Crippen molar-refractivity contribution in [2.75, 3.05) is 17.3 Å². The molecule has 0 aliphatic carbocycles. The van der Waals surface area contributed by atoms with E-state index in [9.17, 15) is 4.79 Å². The van der Waals surface area contributed by atoms with Crippen molar-refractivity contribution in [2.24, 2.45) is 0 Å². The fourth-order valence-corrected chi connectivity index (χ4v) is 5.09. The number of aromatic nitrogens is 2. The number of carbonyl (C=O) groups excluding carboxylic acids is 1. The number of rotatable bonds is 7. The Morgan fingerprint density at radius 3 is 2.68 bits per heavy atom. The van der Waals surface area contributed by atoms with Crippen molar-refractivity contribution in [1.29, 1.82) is 0 Å². The Hall–Kier alpha value is -4.17. The summed E-state index contributed by atoms with van der Waals surface area (Å²) in [5.74, 6) is 0.772. The summed E-state index contributed by atoms with van der Waals surface area (Å²) in [6.45, 7) is 3.83. The van der Waals surface area contributed by atoms with Crippen LogP contribution in [-0.4, -0.2) is 27.7 Å². The predicted octanol–water partition coefficient (Wildman–Crippen LogP) is 5.71. The van der Waals surface area contributed by atoms with Gasteiger partial charge in [0.25, 0.3) is 0 Å². The first kappa shape index (κ1) is 24.5. The molecule has 2 N–H and O–H groups in total. The number of carbonyl (C=O) groups is 1. The number of thiocarbonyl (C=S) groups is 1. The molecule has 7 nitrogen and oxygen atoms in total. The van der Waals surface area contributed by atoms with Gasteiger partial charge in [0.05, 0.1) is 18.8 Å². The minimum atomic E-state index is -0.181. The van der Waals surface area contributed by atoms with Crippen LogP contribution in [0.15, 0.2) is 85.2 Å². The van der Waals surface area contributed by atoms with Gasteiger partial charge in [0.1, 0.15) is 11.8 Å². The van der Waals surface area contributed by atoms with Crippen LogP contribution < -0.4 is 20.3 Å². The van der Waals surface area contributed by atoms with Gasteiger partial charge in [-0.1, -0.05) is 19.1 Å². The third kappa shape index (κ3) is 4.80. The van der Waals surface area contributed by atoms with E-state index in [-0.39, 0.29) is 18.0 Å². The van der Waals surface area contributed by atoms with Gasteiger partial charge in [0, 0.05) is 47.6 Å². The van der Waals surface area contributed by atoms with E-state index in [0.717, 1.165) is 39.8 Å². The molecule has 4 aromatic rings. The minimum absolute atomic E-state index is 0.0154. The number of benzene rings is 2. The zero-order valence-corrected chi connectivity index (χ0v) is 21.8. The van der Waals surface area contributed by atoms with E-state index in [1.54, 1.807) is 13.3 Å². The maximum absolute atomic E-state index is 12.0. The largest absolute Gasteiger partial charge is 0.497 e. The molecule has 1 saturated heterocycles. The van der Waals surface area contributed by atoms with Gasteiger partial charge in [-0.15, -0.1) is 0 Å². The molecule has 8 heteroatoms. The predicted molar refractivity (Wildman–Crippen MR) is 150 cm³/mol. The van der Waals surface area contributed by atoms with E-state index in [4.69, 9.17) is 17.0 Å². The van der Waals surface area contributed by atoms with Crippen LogP contribution >= 0.6 is 12.2 Å². The van der Waals surface area contributed by atoms with E-state index in [0.29, 0.717) is 11.5 Å². The Kier molecular flexibility index (Phi) is 6.92. The first-order chi connectivity index (χ1) is 18.0. The van der Waals surface area contributed by atoms with Gasteiger partial charge in [-0.2, -0.15) is 0 Å². The highest BCUT2D eigenvalue weighted by atomic mass is 32.1. The Balaban J connectivity index is 1.61.